The maximum atomic E-state index is 2.33. The lowest BCUT2D eigenvalue weighted by Gasteiger charge is -2.34. The van der Waals surface area contributed by atoms with E-state index in [0.717, 1.165) is 5.82 Å². The topological polar surface area (TPSA) is 0 Å². The quantitative estimate of drug-likeness (QED) is 0.397. The van der Waals surface area contributed by atoms with Crippen molar-refractivity contribution >= 4 is 7.85 Å². The van der Waals surface area contributed by atoms with Crippen molar-refractivity contribution in [2.75, 3.05) is 0 Å². The summed E-state index contributed by atoms with van der Waals surface area (Å²) in [6.45, 7) is 0. The van der Waals surface area contributed by atoms with E-state index in [1.54, 1.807) is 22.3 Å². The summed E-state index contributed by atoms with van der Waals surface area (Å²) < 4.78 is 0. The molecule has 2 saturated carbocycles. The summed E-state index contributed by atoms with van der Waals surface area (Å²) in [5, 5.41) is 0. The standard InChI is InChI=1S/C7H7B/c8-6-2-5-3-1-4(3)7(5)6/h6H,1-2,8H2. The van der Waals surface area contributed by atoms with Crippen LogP contribution in [-0.4, -0.2) is 7.85 Å². The van der Waals surface area contributed by atoms with Gasteiger partial charge in [-0.05, 0) is 41.0 Å². The number of hydrogen-bond acceptors (Lipinski definition) is 0. The van der Waals surface area contributed by atoms with Gasteiger partial charge in [0.05, 0.1) is 0 Å². The minimum Gasteiger partial charge on any atom is -0.0452 e. The van der Waals surface area contributed by atoms with Crippen LogP contribution in [0.2, 0.25) is 5.82 Å². The number of allylic oxidation sites excluding steroid dienone is 4. The van der Waals surface area contributed by atoms with Gasteiger partial charge in [0.1, 0.15) is 7.85 Å². The maximum absolute atomic E-state index is 2.33. The summed E-state index contributed by atoms with van der Waals surface area (Å²) in [5.41, 5.74) is 6.96. The van der Waals surface area contributed by atoms with Crippen molar-refractivity contribution < 1.29 is 0 Å². The first kappa shape index (κ1) is 3.55. The highest BCUT2D eigenvalue weighted by Gasteiger charge is 2.47. The van der Waals surface area contributed by atoms with Gasteiger partial charge in [0.25, 0.3) is 0 Å². The second-order valence-electron chi connectivity index (χ2n) is 3.13. The Balaban J connectivity index is 2.21. The van der Waals surface area contributed by atoms with Gasteiger partial charge in [-0.15, -0.1) is 0 Å². The summed E-state index contributed by atoms with van der Waals surface area (Å²) in [6, 6.07) is 0. The van der Waals surface area contributed by atoms with Crippen LogP contribution in [0.3, 0.4) is 0 Å². The van der Waals surface area contributed by atoms with E-state index in [9.17, 15) is 0 Å². The van der Waals surface area contributed by atoms with E-state index in [4.69, 9.17) is 0 Å². The third-order valence-corrected chi connectivity index (χ3v) is 2.61. The van der Waals surface area contributed by atoms with Crippen molar-refractivity contribution in [3.05, 3.63) is 22.3 Å². The van der Waals surface area contributed by atoms with Crippen molar-refractivity contribution in [3.63, 3.8) is 0 Å². The highest BCUT2D eigenvalue weighted by molar-refractivity contribution is 6.17. The average Bonchev–Trinajstić information content (AvgIpc) is 2.33. The van der Waals surface area contributed by atoms with Crippen molar-refractivity contribution in [3.8, 4) is 0 Å². The lowest BCUT2D eigenvalue weighted by atomic mass is 9.60. The zero-order chi connectivity index (χ0) is 5.30. The molecule has 2 fully saturated rings. The summed E-state index contributed by atoms with van der Waals surface area (Å²) in [5.74, 6) is 0.936. The highest BCUT2D eigenvalue weighted by atomic mass is 14.5. The molecular formula is C7H7B. The molecule has 0 spiro atoms. The molecule has 0 heterocycles. The molecule has 8 heavy (non-hydrogen) atoms. The van der Waals surface area contributed by atoms with Gasteiger partial charge in [-0.25, -0.2) is 0 Å². The fourth-order valence-electron chi connectivity index (χ4n) is 2.07. The van der Waals surface area contributed by atoms with Gasteiger partial charge in [0, 0.05) is 0 Å². The first-order chi connectivity index (χ1) is 3.88. The second-order valence-corrected chi connectivity index (χ2v) is 3.13. The zero-order valence-electron chi connectivity index (χ0n) is 4.99. The molecule has 3 rings (SSSR count). The fourth-order valence-corrected chi connectivity index (χ4v) is 2.07. The summed E-state index contributed by atoms with van der Waals surface area (Å²) in [6.07, 6.45) is 2.77. The van der Waals surface area contributed by atoms with Crippen LogP contribution >= 0.6 is 0 Å². The Kier molecular flexibility index (Phi) is 0.326. The lowest BCUT2D eigenvalue weighted by Crippen LogP contribution is -2.17. The van der Waals surface area contributed by atoms with E-state index in [-0.39, 0.29) is 0 Å². The molecule has 0 N–H and O–H groups in total. The van der Waals surface area contributed by atoms with Gasteiger partial charge >= 0.3 is 0 Å². The van der Waals surface area contributed by atoms with Crippen molar-refractivity contribution in [1.82, 2.24) is 0 Å². The maximum Gasteiger partial charge on any atom is 0.111 e. The van der Waals surface area contributed by atoms with Crippen LogP contribution in [-0.2, 0) is 0 Å². The Morgan fingerprint density at radius 3 is 2.62 bits per heavy atom. The first-order valence-electron chi connectivity index (χ1n) is 3.33. The van der Waals surface area contributed by atoms with E-state index in [2.05, 4.69) is 7.85 Å². The van der Waals surface area contributed by atoms with Gasteiger partial charge in [-0.2, -0.15) is 0 Å². The van der Waals surface area contributed by atoms with Crippen LogP contribution in [0.15, 0.2) is 22.3 Å². The molecule has 3 aliphatic carbocycles. The zero-order valence-corrected chi connectivity index (χ0v) is 4.99. The van der Waals surface area contributed by atoms with Crippen molar-refractivity contribution in [2.45, 2.75) is 18.7 Å². The van der Waals surface area contributed by atoms with Crippen LogP contribution in [0.25, 0.3) is 0 Å². The van der Waals surface area contributed by atoms with Crippen LogP contribution < -0.4 is 0 Å². The number of hydrogen-bond donors (Lipinski definition) is 0. The minimum absolute atomic E-state index is 0.936. The lowest BCUT2D eigenvalue weighted by molar-refractivity contribution is 0.797. The van der Waals surface area contributed by atoms with E-state index in [0.29, 0.717) is 0 Å². The Hall–Kier alpha value is -0.455. The highest BCUT2D eigenvalue weighted by Crippen LogP contribution is 2.65. The molecule has 0 saturated heterocycles. The molecule has 0 bridgehead atoms. The SMILES string of the molecule is BC1CC2=C3CC3=C21. The summed E-state index contributed by atoms with van der Waals surface area (Å²) in [4.78, 5) is 0. The molecule has 0 radical (unpaired) electrons. The Labute approximate surface area is 49.7 Å². The van der Waals surface area contributed by atoms with E-state index >= 15 is 0 Å². The van der Waals surface area contributed by atoms with Crippen LogP contribution in [0.4, 0.5) is 0 Å². The Morgan fingerprint density at radius 1 is 1.25 bits per heavy atom. The molecule has 0 nitrogen and oxygen atoms in total. The molecule has 3 aliphatic rings. The molecule has 0 aliphatic heterocycles. The summed E-state index contributed by atoms with van der Waals surface area (Å²) >= 11 is 0. The molecule has 1 atom stereocenters. The molecule has 0 aromatic rings. The Morgan fingerprint density at radius 2 is 2.12 bits per heavy atom. The largest absolute Gasteiger partial charge is 0.111 e. The third-order valence-electron chi connectivity index (χ3n) is 2.61. The van der Waals surface area contributed by atoms with E-state index in [1.165, 1.54) is 12.8 Å². The van der Waals surface area contributed by atoms with Crippen LogP contribution in [0.1, 0.15) is 12.8 Å². The fraction of sp³-hybridized carbons (Fsp3) is 0.429. The van der Waals surface area contributed by atoms with Gasteiger partial charge in [0.2, 0.25) is 0 Å². The molecule has 0 aromatic heterocycles. The van der Waals surface area contributed by atoms with Gasteiger partial charge < -0.3 is 0 Å². The molecule has 38 valence electrons. The predicted molar refractivity (Wildman–Crippen MR) is 35.6 cm³/mol. The molecule has 1 unspecified atom stereocenters. The Bertz CT molecular complexity index is 245. The monoisotopic (exact) mass is 102 g/mol. The smallest absolute Gasteiger partial charge is 0.0452 e. The van der Waals surface area contributed by atoms with Gasteiger partial charge in [0.15, 0.2) is 0 Å². The second kappa shape index (κ2) is 0.735. The van der Waals surface area contributed by atoms with Crippen molar-refractivity contribution in [2.24, 2.45) is 0 Å². The predicted octanol–water partition coefficient (Wildman–Crippen LogP) is 0.822. The average molecular weight is 102 g/mol. The molecule has 0 aromatic carbocycles. The molecule has 0 amide bonds. The first-order valence-corrected chi connectivity index (χ1v) is 3.33. The van der Waals surface area contributed by atoms with E-state index in [1.807, 2.05) is 0 Å². The van der Waals surface area contributed by atoms with E-state index < -0.39 is 0 Å². The minimum atomic E-state index is 0.936. The normalized spacial score (nSPS) is 37.8. The number of fused-ring (bicyclic) bond motifs is 2. The van der Waals surface area contributed by atoms with Gasteiger partial charge in [-0.1, -0.05) is 0 Å². The van der Waals surface area contributed by atoms with Crippen LogP contribution in [0, 0.1) is 0 Å². The summed E-state index contributed by atoms with van der Waals surface area (Å²) in [7, 11) is 2.33. The van der Waals surface area contributed by atoms with Crippen LogP contribution in [0.5, 0.6) is 0 Å². The third kappa shape index (κ3) is 0.176. The van der Waals surface area contributed by atoms with Gasteiger partial charge in [-0.3, -0.25) is 0 Å². The molecule has 1 heteroatoms. The number of rotatable bonds is 0. The molecular weight excluding hydrogens is 94.9 g/mol. The van der Waals surface area contributed by atoms with Crippen molar-refractivity contribution in [1.29, 1.82) is 0 Å².